The van der Waals surface area contributed by atoms with E-state index < -0.39 is 5.41 Å². The molecule has 0 fully saturated rings. The highest BCUT2D eigenvalue weighted by Crippen LogP contribution is 2.65. The maximum atomic E-state index is 5.11. The molecule has 274 valence electrons. The number of hydrogen-bond donors (Lipinski definition) is 0. The van der Waals surface area contributed by atoms with Crippen molar-refractivity contribution in [2.45, 2.75) is 5.41 Å². The quantitative estimate of drug-likeness (QED) is 0.171. The Kier molecular flexibility index (Phi) is 7.52. The summed E-state index contributed by atoms with van der Waals surface area (Å²) in [5.41, 5.74) is 21.7. The molecule has 0 saturated heterocycles. The number of nitrogens with zero attached hydrogens (tertiary/aromatic N) is 1. The van der Waals surface area contributed by atoms with Crippen LogP contribution >= 0.6 is 0 Å². The van der Waals surface area contributed by atoms with Crippen LogP contribution in [0.2, 0.25) is 0 Å². The first-order valence-electron chi connectivity index (χ1n) is 20.5. The zero-order chi connectivity index (χ0) is 38.9. The zero-order valence-corrected chi connectivity index (χ0v) is 32.3. The molecule has 59 heavy (non-hydrogen) atoms. The lowest BCUT2D eigenvalue weighted by Crippen LogP contribution is -2.26. The van der Waals surface area contributed by atoms with Gasteiger partial charge in [-0.05, 0) is 113 Å². The molecule has 0 N–H and O–H groups in total. The standard InChI is InChI=1S/C58H37N/c1-3-16-40(17-4-1)54-36-45(37-55(59-54)41-18-5-2-6-19-41)39-32-30-38(31-33-39)42-21-15-22-43(34-42)50-35-44-20-7-8-23-46(44)57-56(50)49-26-11-14-29-53(49)58(57)51-27-12-9-24-47(51)48-25-10-13-28-52(48)58/h1-37H. The summed E-state index contributed by atoms with van der Waals surface area (Å²) in [6.45, 7) is 0. The van der Waals surface area contributed by atoms with Gasteiger partial charge in [0.25, 0.3) is 0 Å². The summed E-state index contributed by atoms with van der Waals surface area (Å²) in [4.78, 5) is 5.11. The lowest BCUT2D eigenvalue weighted by atomic mass is 9.69. The van der Waals surface area contributed by atoms with Crippen molar-refractivity contribution in [1.29, 1.82) is 0 Å². The van der Waals surface area contributed by atoms with Crippen LogP contribution in [0, 0.1) is 0 Å². The van der Waals surface area contributed by atoms with Gasteiger partial charge in [-0.1, -0.05) is 200 Å². The second kappa shape index (κ2) is 13.2. The first-order chi connectivity index (χ1) is 29.3. The monoisotopic (exact) mass is 747 g/mol. The van der Waals surface area contributed by atoms with Crippen LogP contribution in [0.4, 0.5) is 0 Å². The summed E-state index contributed by atoms with van der Waals surface area (Å²) in [6.07, 6.45) is 0. The topological polar surface area (TPSA) is 12.9 Å². The number of fused-ring (bicyclic) bond motifs is 12. The van der Waals surface area contributed by atoms with Gasteiger partial charge in [-0.3, -0.25) is 0 Å². The van der Waals surface area contributed by atoms with Crippen molar-refractivity contribution < 1.29 is 0 Å². The Morgan fingerprint density at radius 2 is 0.763 bits per heavy atom. The normalized spacial score (nSPS) is 12.9. The molecule has 12 rings (SSSR count). The Hall–Kier alpha value is -7.61. The Morgan fingerprint density at radius 1 is 0.288 bits per heavy atom. The van der Waals surface area contributed by atoms with Crippen LogP contribution in [-0.2, 0) is 5.41 Å². The molecular weight excluding hydrogens is 711 g/mol. The van der Waals surface area contributed by atoms with E-state index in [1.54, 1.807) is 0 Å². The van der Waals surface area contributed by atoms with Crippen LogP contribution < -0.4 is 0 Å². The molecule has 0 atom stereocenters. The van der Waals surface area contributed by atoms with E-state index in [0.717, 1.165) is 33.6 Å². The van der Waals surface area contributed by atoms with E-state index in [2.05, 4.69) is 224 Å². The Bertz CT molecular complexity index is 3150. The molecule has 1 heterocycles. The number of pyridine rings is 1. The number of benzene rings is 9. The van der Waals surface area contributed by atoms with E-state index in [4.69, 9.17) is 4.98 Å². The maximum absolute atomic E-state index is 5.11. The molecule has 1 spiro atoms. The minimum Gasteiger partial charge on any atom is -0.248 e. The third-order valence-electron chi connectivity index (χ3n) is 12.7. The largest absolute Gasteiger partial charge is 0.248 e. The van der Waals surface area contributed by atoms with E-state index in [9.17, 15) is 0 Å². The molecule has 2 aliphatic carbocycles. The molecule has 0 bridgehead atoms. The van der Waals surface area contributed by atoms with Gasteiger partial charge in [0, 0.05) is 11.1 Å². The van der Waals surface area contributed by atoms with Gasteiger partial charge in [0.15, 0.2) is 0 Å². The van der Waals surface area contributed by atoms with Crippen molar-refractivity contribution in [3.8, 4) is 78.1 Å². The van der Waals surface area contributed by atoms with Crippen LogP contribution in [0.15, 0.2) is 224 Å². The van der Waals surface area contributed by atoms with Gasteiger partial charge in [-0.25, -0.2) is 4.98 Å². The second-order valence-corrected chi connectivity index (χ2v) is 15.8. The highest BCUT2D eigenvalue weighted by atomic mass is 14.7. The zero-order valence-electron chi connectivity index (χ0n) is 32.3. The molecule has 9 aromatic carbocycles. The number of aromatic nitrogens is 1. The molecule has 0 aliphatic heterocycles. The van der Waals surface area contributed by atoms with E-state index >= 15 is 0 Å². The van der Waals surface area contributed by atoms with Crippen molar-refractivity contribution in [2.24, 2.45) is 0 Å². The molecule has 2 aliphatic rings. The van der Waals surface area contributed by atoms with Crippen LogP contribution in [0.1, 0.15) is 22.3 Å². The first kappa shape index (κ1) is 33.5. The fourth-order valence-electron chi connectivity index (χ4n) is 10.1. The highest BCUT2D eigenvalue weighted by molar-refractivity contribution is 6.09. The van der Waals surface area contributed by atoms with Crippen molar-refractivity contribution in [2.75, 3.05) is 0 Å². The summed E-state index contributed by atoms with van der Waals surface area (Å²) in [6, 6.07) is 82.2. The van der Waals surface area contributed by atoms with Gasteiger partial charge in [-0.15, -0.1) is 0 Å². The smallest absolute Gasteiger partial charge is 0.0731 e. The highest BCUT2D eigenvalue weighted by Gasteiger charge is 2.52. The minimum absolute atomic E-state index is 0.421. The molecule has 1 heteroatoms. The lowest BCUT2D eigenvalue weighted by Gasteiger charge is -2.31. The third kappa shape index (κ3) is 5.08. The predicted molar refractivity (Wildman–Crippen MR) is 245 cm³/mol. The molecule has 0 unspecified atom stereocenters. The Morgan fingerprint density at radius 3 is 1.39 bits per heavy atom. The average Bonchev–Trinajstić information content (AvgIpc) is 3.80. The third-order valence-corrected chi connectivity index (χ3v) is 12.7. The van der Waals surface area contributed by atoms with E-state index in [-0.39, 0.29) is 0 Å². The van der Waals surface area contributed by atoms with Gasteiger partial charge in [0.05, 0.1) is 16.8 Å². The summed E-state index contributed by atoms with van der Waals surface area (Å²) < 4.78 is 0. The van der Waals surface area contributed by atoms with Gasteiger partial charge in [0.1, 0.15) is 0 Å². The average molecular weight is 748 g/mol. The lowest BCUT2D eigenvalue weighted by molar-refractivity contribution is 0.801. The molecule has 0 amide bonds. The molecule has 0 saturated carbocycles. The fraction of sp³-hybridized carbons (Fsp3) is 0.0172. The van der Waals surface area contributed by atoms with Gasteiger partial charge in [0.2, 0.25) is 0 Å². The summed E-state index contributed by atoms with van der Waals surface area (Å²) in [7, 11) is 0. The summed E-state index contributed by atoms with van der Waals surface area (Å²) >= 11 is 0. The van der Waals surface area contributed by atoms with Crippen molar-refractivity contribution >= 4 is 10.8 Å². The van der Waals surface area contributed by atoms with E-state index in [1.165, 1.54) is 77.5 Å². The molecule has 1 nitrogen and oxygen atoms in total. The summed E-state index contributed by atoms with van der Waals surface area (Å²) in [5, 5.41) is 2.56. The van der Waals surface area contributed by atoms with Crippen molar-refractivity contribution in [3.05, 3.63) is 247 Å². The molecule has 0 radical (unpaired) electrons. The molecule has 1 aromatic heterocycles. The summed E-state index contributed by atoms with van der Waals surface area (Å²) in [5.74, 6) is 0. The minimum atomic E-state index is -0.421. The number of rotatable bonds is 5. The van der Waals surface area contributed by atoms with Crippen molar-refractivity contribution in [1.82, 2.24) is 4.98 Å². The van der Waals surface area contributed by atoms with Crippen LogP contribution in [0.5, 0.6) is 0 Å². The SMILES string of the molecule is c1ccc(-c2cc(-c3ccc(-c4cccc(-c5cc6ccccc6c6c5-c5ccccc5C65c6ccccc6-c6ccccc65)c4)cc3)cc(-c3ccccc3)n2)cc1. The second-order valence-electron chi connectivity index (χ2n) is 15.8. The van der Waals surface area contributed by atoms with Crippen LogP contribution in [0.25, 0.3) is 88.9 Å². The van der Waals surface area contributed by atoms with Crippen LogP contribution in [-0.4, -0.2) is 4.98 Å². The maximum Gasteiger partial charge on any atom is 0.0731 e. The van der Waals surface area contributed by atoms with E-state index in [0.29, 0.717) is 0 Å². The predicted octanol–water partition coefficient (Wildman–Crippen LogP) is 14.9. The molecule has 10 aromatic rings. The molecular formula is C58H37N. The fourth-order valence-corrected chi connectivity index (χ4v) is 10.1. The first-order valence-corrected chi connectivity index (χ1v) is 20.5. The van der Waals surface area contributed by atoms with E-state index in [1.807, 2.05) is 0 Å². The Labute approximate surface area is 344 Å². The van der Waals surface area contributed by atoms with Gasteiger partial charge < -0.3 is 0 Å². The Balaban J connectivity index is 1.01. The number of hydrogen-bond acceptors (Lipinski definition) is 1. The van der Waals surface area contributed by atoms with Crippen molar-refractivity contribution in [3.63, 3.8) is 0 Å². The van der Waals surface area contributed by atoms with Gasteiger partial charge >= 0.3 is 0 Å². The van der Waals surface area contributed by atoms with Gasteiger partial charge in [-0.2, -0.15) is 0 Å². The van der Waals surface area contributed by atoms with Crippen LogP contribution in [0.3, 0.4) is 0 Å².